The summed E-state index contributed by atoms with van der Waals surface area (Å²) in [6, 6.07) is 2.38. The van der Waals surface area contributed by atoms with Gasteiger partial charge in [0.15, 0.2) is 11.6 Å². The van der Waals surface area contributed by atoms with Crippen molar-refractivity contribution in [1.82, 2.24) is 0 Å². The van der Waals surface area contributed by atoms with Crippen LogP contribution in [0, 0.1) is 22.1 Å². The predicted molar refractivity (Wildman–Crippen MR) is 43.8 cm³/mol. The smallest absolute Gasteiger partial charge is 0.159 e. The van der Waals surface area contributed by atoms with Crippen molar-refractivity contribution in [3.8, 4) is 0 Å². The first-order valence-electron chi connectivity index (χ1n) is 2.72. The summed E-state index contributed by atoms with van der Waals surface area (Å²) in [7, 11) is 0. The van der Waals surface area contributed by atoms with Crippen LogP contribution in [0.2, 0.25) is 0 Å². The lowest BCUT2D eigenvalue weighted by Crippen LogP contribution is -1.87. The van der Waals surface area contributed by atoms with Gasteiger partial charge in [-0.05, 0) is 47.2 Å². The zero-order chi connectivity index (χ0) is 7.72. The molecule has 0 aliphatic rings. The molecule has 0 atom stereocenters. The summed E-state index contributed by atoms with van der Waals surface area (Å²) in [5.74, 6) is -1.56. The number of rotatable bonds is 0. The van der Waals surface area contributed by atoms with Crippen molar-refractivity contribution >= 4 is 22.6 Å². The van der Waals surface area contributed by atoms with Crippen LogP contribution in [0.3, 0.4) is 0 Å². The third-order valence-corrected chi connectivity index (χ3v) is 2.36. The Morgan fingerprint density at radius 2 is 1.70 bits per heavy atom. The lowest BCUT2D eigenvalue weighted by atomic mass is 10.2. The predicted octanol–water partition coefficient (Wildman–Crippen LogP) is 2.88. The normalized spacial score (nSPS) is 10.0. The second kappa shape index (κ2) is 2.82. The highest BCUT2D eigenvalue weighted by atomic mass is 127. The second-order valence-corrected chi connectivity index (χ2v) is 3.18. The van der Waals surface area contributed by atoms with E-state index in [9.17, 15) is 8.78 Å². The van der Waals surface area contributed by atoms with Crippen LogP contribution in [0.1, 0.15) is 5.56 Å². The Hall–Kier alpha value is -0.190. The van der Waals surface area contributed by atoms with Crippen LogP contribution in [0.5, 0.6) is 0 Å². The minimum absolute atomic E-state index is 0.747. The zero-order valence-corrected chi connectivity index (χ0v) is 7.45. The molecule has 0 aliphatic carbocycles. The van der Waals surface area contributed by atoms with Gasteiger partial charge in [0, 0.05) is 3.57 Å². The Bertz CT molecular complexity index is 208. The van der Waals surface area contributed by atoms with E-state index < -0.39 is 11.6 Å². The van der Waals surface area contributed by atoms with E-state index in [0.717, 1.165) is 9.13 Å². The van der Waals surface area contributed by atoms with Gasteiger partial charge in [0.25, 0.3) is 0 Å². The third-order valence-electron chi connectivity index (χ3n) is 1.20. The van der Waals surface area contributed by atoms with Crippen molar-refractivity contribution in [3.63, 3.8) is 0 Å². The van der Waals surface area contributed by atoms with Gasteiger partial charge in [0.2, 0.25) is 0 Å². The van der Waals surface area contributed by atoms with E-state index in [1.165, 1.54) is 12.1 Å². The van der Waals surface area contributed by atoms with Gasteiger partial charge in [-0.3, -0.25) is 0 Å². The van der Waals surface area contributed by atoms with E-state index in [4.69, 9.17) is 0 Å². The first-order chi connectivity index (χ1) is 4.61. The third kappa shape index (κ3) is 1.45. The summed E-state index contributed by atoms with van der Waals surface area (Å²) in [5, 5.41) is 0. The Kier molecular flexibility index (Phi) is 2.23. The number of aryl methyl sites for hydroxylation is 1. The van der Waals surface area contributed by atoms with Crippen molar-refractivity contribution in [2.24, 2.45) is 0 Å². The van der Waals surface area contributed by atoms with Crippen LogP contribution in [0.15, 0.2) is 12.1 Å². The average molecular weight is 254 g/mol. The minimum atomic E-state index is -0.782. The van der Waals surface area contributed by atoms with Crippen LogP contribution >= 0.6 is 22.6 Å². The highest BCUT2D eigenvalue weighted by Gasteiger charge is 2.03. The standard InChI is InChI=1S/C7H5F2I/c1-4-2-5(8)6(9)3-7(4)10/h2-3H,1H3. The van der Waals surface area contributed by atoms with Crippen molar-refractivity contribution in [2.75, 3.05) is 0 Å². The van der Waals surface area contributed by atoms with Crippen LogP contribution < -0.4 is 0 Å². The highest BCUT2D eigenvalue weighted by Crippen LogP contribution is 2.15. The molecular formula is C7H5F2I. The van der Waals surface area contributed by atoms with E-state index in [2.05, 4.69) is 0 Å². The molecule has 0 spiro atoms. The van der Waals surface area contributed by atoms with E-state index >= 15 is 0 Å². The SMILES string of the molecule is Cc1cc(F)c(F)cc1I. The molecule has 54 valence electrons. The quantitative estimate of drug-likeness (QED) is 0.493. The van der Waals surface area contributed by atoms with Crippen molar-refractivity contribution < 1.29 is 8.78 Å². The molecule has 0 fully saturated rings. The van der Waals surface area contributed by atoms with Crippen molar-refractivity contribution in [2.45, 2.75) is 6.92 Å². The molecule has 1 rings (SSSR count). The maximum Gasteiger partial charge on any atom is 0.159 e. The molecule has 10 heavy (non-hydrogen) atoms. The van der Waals surface area contributed by atoms with Gasteiger partial charge in [-0.1, -0.05) is 0 Å². The molecule has 0 amide bonds. The van der Waals surface area contributed by atoms with E-state index in [1.54, 1.807) is 6.92 Å². The van der Waals surface area contributed by atoms with Gasteiger partial charge in [0.1, 0.15) is 0 Å². The average Bonchev–Trinajstić information content (AvgIpc) is 1.84. The molecule has 0 saturated carbocycles. The number of hydrogen-bond donors (Lipinski definition) is 0. The lowest BCUT2D eigenvalue weighted by molar-refractivity contribution is 0.507. The molecule has 0 saturated heterocycles. The summed E-state index contributed by atoms with van der Waals surface area (Å²) in [6.45, 7) is 1.74. The molecule has 0 bridgehead atoms. The molecule has 1 aromatic rings. The van der Waals surface area contributed by atoms with Gasteiger partial charge in [-0.25, -0.2) is 8.78 Å². The molecule has 0 unspecified atom stereocenters. The summed E-state index contributed by atoms with van der Waals surface area (Å²) in [5.41, 5.74) is 0.763. The fourth-order valence-electron chi connectivity index (χ4n) is 0.622. The number of halogens is 3. The van der Waals surface area contributed by atoms with Crippen LogP contribution in [-0.2, 0) is 0 Å². The summed E-state index contributed by atoms with van der Waals surface area (Å²) in [6.07, 6.45) is 0. The molecule has 0 nitrogen and oxygen atoms in total. The molecule has 0 heterocycles. The van der Waals surface area contributed by atoms with Gasteiger partial charge < -0.3 is 0 Å². The van der Waals surface area contributed by atoms with E-state index in [1.807, 2.05) is 22.6 Å². The molecule has 0 aliphatic heterocycles. The maximum absolute atomic E-state index is 12.4. The number of hydrogen-bond acceptors (Lipinski definition) is 0. The molecular weight excluding hydrogens is 249 g/mol. The monoisotopic (exact) mass is 254 g/mol. The summed E-state index contributed by atoms with van der Waals surface area (Å²) < 4.78 is 25.5. The highest BCUT2D eigenvalue weighted by molar-refractivity contribution is 14.1. The first kappa shape index (κ1) is 7.91. The van der Waals surface area contributed by atoms with E-state index in [0.29, 0.717) is 0 Å². The van der Waals surface area contributed by atoms with Crippen LogP contribution in [0.25, 0.3) is 0 Å². The summed E-state index contributed by atoms with van der Waals surface area (Å²) in [4.78, 5) is 0. The van der Waals surface area contributed by atoms with Crippen LogP contribution in [0.4, 0.5) is 8.78 Å². The minimum Gasteiger partial charge on any atom is -0.204 e. The second-order valence-electron chi connectivity index (χ2n) is 2.02. The molecule has 0 aromatic heterocycles. The maximum atomic E-state index is 12.4. The fraction of sp³-hybridized carbons (Fsp3) is 0.143. The molecule has 1 aromatic carbocycles. The number of benzene rings is 1. The van der Waals surface area contributed by atoms with Crippen molar-refractivity contribution in [3.05, 3.63) is 32.9 Å². The van der Waals surface area contributed by atoms with Gasteiger partial charge in [-0.15, -0.1) is 0 Å². The Balaban J connectivity index is 3.28. The molecule has 0 radical (unpaired) electrons. The van der Waals surface area contributed by atoms with Crippen LogP contribution in [-0.4, -0.2) is 0 Å². The topological polar surface area (TPSA) is 0 Å². The largest absolute Gasteiger partial charge is 0.204 e. The zero-order valence-electron chi connectivity index (χ0n) is 5.29. The van der Waals surface area contributed by atoms with Crippen molar-refractivity contribution in [1.29, 1.82) is 0 Å². The first-order valence-corrected chi connectivity index (χ1v) is 3.80. The molecule has 3 heteroatoms. The van der Waals surface area contributed by atoms with Gasteiger partial charge in [0.05, 0.1) is 0 Å². The Morgan fingerprint density at radius 3 is 2.20 bits per heavy atom. The lowest BCUT2D eigenvalue weighted by Gasteiger charge is -1.97. The Labute approximate surface area is 71.4 Å². The van der Waals surface area contributed by atoms with Gasteiger partial charge >= 0.3 is 0 Å². The van der Waals surface area contributed by atoms with Gasteiger partial charge in [-0.2, -0.15) is 0 Å². The summed E-state index contributed by atoms with van der Waals surface area (Å²) >= 11 is 1.96. The fourth-order valence-corrected chi connectivity index (χ4v) is 1.05. The van der Waals surface area contributed by atoms with E-state index in [-0.39, 0.29) is 0 Å². The molecule has 0 N–H and O–H groups in total. The Morgan fingerprint density at radius 1 is 1.20 bits per heavy atom.